The number of nitrogens with two attached hydrogens (primary N) is 2. The maximum Gasteiger partial charge on any atom is 0.218 e. The topological polar surface area (TPSA) is 89.3 Å². The molecule has 1 aromatic carbocycles. The fraction of sp³-hybridized carbons (Fsp3) is 0.364. The second-order valence-electron chi connectivity index (χ2n) is 3.64. The molecule has 1 atom stereocenters. The van der Waals surface area contributed by atoms with Crippen LogP contribution in [-0.4, -0.2) is 17.1 Å². The highest BCUT2D eigenvalue weighted by atomic mass is 16.3. The lowest BCUT2D eigenvalue weighted by Gasteiger charge is -2.09. The van der Waals surface area contributed by atoms with Crippen molar-refractivity contribution in [1.82, 2.24) is 0 Å². The highest BCUT2D eigenvalue weighted by molar-refractivity contribution is 5.74. The minimum absolute atomic E-state index is 0.204. The van der Waals surface area contributed by atoms with Crippen molar-refractivity contribution in [1.29, 1.82) is 0 Å². The Labute approximate surface area is 88.9 Å². The van der Waals surface area contributed by atoms with Gasteiger partial charge in [-0.1, -0.05) is 12.1 Å². The normalized spacial score (nSPS) is 12.3. The number of aryl methyl sites for hydroxylation is 1. The summed E-state index contributed by atoms with van der Waals surface area (Å²) < 4.78 is 0. The lowest BCUT2D eigenvalue weighted by molar-refractivity contribution is -0.118. The molecule has 5 N–H and O–H groups in total. The summed E-state index contributed by atoms with van der Waals surface area (Å²) in [7, 11) is 0. The summed E-state index contributed by atoms with van der Waals surface area (Å²) in [6.07, 6.45) is 1.63. The number of primary amides is 1. The molecule has 1 aromatic rings. The molecule has 1 unspecified atom stereocenters. The van der Waals surface area contributed by atoms with E-state index in [1.165, 1.54) is 0 Å². The number of benzene rings is 1. The first-order valence-electron chi connectivity index (χ1n) is 4.89. The van der Waals surface area contributed by atoms with E-state index >= 15 is 0 Å². The van der Waals surface area contributed by atoms with Gasteiger partial charge in [0.05, 0.1) is 0 Å². The number of phenols is 1. The number of carbonyl (C=O) groups is 1. The quantitative estimate of drug-likeness (QED) is 0.659. The minimum atomic E-state index is -0.376. The van der Waals surface area contributed by atoms with Crippen LogP contribution >= 0.6 is 0 Å². The van der Waals surface area contributed by atoms with Crippen LogP contribution in [0.1, 0.15) is 18.4 Å². The van der Waals surface area contributed by atoms with Gasteiger partial charge in [0.2, 0.25) is 5.91 Å². The summed E-state index contributed by atoms with van der Waals surface area (Å²) in [4.78, 5) is 10.6. The Morgan fingerprint density at radius 2 is 2.20 bits per heavy atom. The van der Waals surface area contributed by atoms with E-state index in [-0.39, 0.29) is 24.1 Å². The number of rotatable bonds is 5. The van der Waals surface area contributed by atoms with Crippen LogP contribution in [0.15, 0.2) is 24.3 Å². The van der Waals surface area contributed by atoms with Gasteiger partial charge in [-0.05, 0) is 30.5 Å². The fourth-order valence-electron chi connectivity index (χ4n) is 1.42. The van der Waals surface area contributed by atoms with Crippen molar-refractivity contribution >= 4 is 5.91 Å². The molecule has 0 fully saturated rings. The van der Waals surface area contributed by atoms with Gasteiger partial charge in [0.15, 0.2) is 0 Å². The van der Waals surface area contributed by atoms with Gasteiger partial charge < -0.3 is 16.6 Å². The molecule has 1 amide bonds. The fourth-order valence-corrected chi connectivity index (χ4v) is 1.42. The molecule has 0 aliphatic heterocycles. The lowest BCUT2D eigenvalue weighted by Crippen LogP contribution is -2.27. The molecule has 0 saturated heterocycles. The second-order valence-corrected chi connectivity index (χ2v) is 3.64. The zero-order valence-electron chi connectivity index (χ0n) is 8.52. The zero-order chi connectivity index (χ0) is 11.3. The van der Waals surface area contributed by atoms with Crippen LogP contribution in [0.2, 0.25) is 0 Å². The first-order valence-corrected chi connectivity index (χ1v) is 4.89. The molecule has 0 radical (unpaired) electrons. The second kappa shape index (κ2) is 5.36. The summed E-state index contributed by atoms with van der Waals surface area (Å²) in [5.74, 6) is -0.130. The SMILES string of the molecule is NC(=O)CC(N)CCc1cccc(O)c1. The third-order valence-electron chi connectivity index (χ3n) is 2.18. The molecule has 82 valence electrons. The molecule has 0 spiro atoms. The Bertz CT molecular complexity index is 339. The number of amides is 1. The van der Waals surface area contributed by atoms with E-state index in [9.17, 15) is 9.90 Å². The van der Waals surface area contributed by atoms with Crippen molar-refractivity contribution in [2.75, 3.05) is 0 Å². The number of aromatic hydroxyl groups is 1. The van der Waals surface area contributed by atoms with Crippen LogP contribution in [-0.2, 0) is 11.2 Å². The van der Waals surface area contributed by atoms with Crippen molar-refractivity contribution in [3.8, 4) is 5.75 Å². The highest BCUT2D eigenvalue weighted by Gasteiger charge is 2.06. The van der Waals surface area contributed by atoms with Crippen LogP contribution < -0.4 is 11.5 Å². The monoisotopic (exact) mass is 208 g/mol. The molecule has 15 heavy (non-hydrogen) atoms. The van der Waals surface area contributed by atoms with Crippen LogP contribution in [0.25, 0.3) is 0 Å². The minimum Gasteiger partial charge on any atom is -0.508 e. The summed E-state index contributed by atoms with van der Waals surface area (Å²) >= 11 is 0. The van der Waals surface area contributed by atoms with Crippen LogP contribution in [0.5, 0.6) is 5.75 Å². The number of hydrogen-bond acceptors (Lipinski definition) is 3. The average Bonchev–Trinajstić information content (AvgIpc) is 2.14. The third-order valence-corrected chi connectivity index (χ3v) is 2.18. The van der Waals surface area contributed by atoms with Gasteiger partial charge in [0, 0.05) is 12.5 Å². The van der Waals surface area contributed by atoms with E-state index in [1.807, 2.05) is 6.07 Å². The van der Waals surface area contributed by atoms with Crippen LogP contribution in [0, 0.1) is 0 Å². The molecular weight excluding hydrogens is 192 g/mol. The van der Waals surface area contributed by atoms with Crippen molar-refractivity contribution < 1.29 is 9.90 Å². The van der Waals surface area contributed by atoms with Gasteiger partial charge in [0.25, 0.3) is 0 Å². The van der Waals surface area contributed by atoms with E-state index in [1.54, 1.807) is 18.2 Å². The number of phenolic OH excluding ortho intramolecular Hbond substituents is 1. The summed E-state index contributed by atoms with van der Waals surface area (Å²) in [5, 5.41) is 9.22. The Hall–Kier alpha value is -1.55. The van der Waals surface area contributed by atoms with Crippen molar-refractivity contribution in [2.45, 2.75) is 25.3 Å². The van der Waals surface area contributed by atoms with E-state index in [2.05, 4.69) is 0 Å². The van der Waals surface area contributed by atoms with Gasteiger partial charge >= 0.3 is 0 Å². The summed E-state index contributed by atoms with van der Waals surface area (Å²) in [6.45, 7) is 0. The molecule has 0 bridgehead atoms. The van der Waals surface area contributed by atoms with Gasteiger partial charge in [-0.3, -0.25) is 4.79 Å². The number of hydrogen-bond donors (Lipinski definition) is 3. The number of carbonyl (C=O) groups excluding carboxylic acids is 1. The summed E-state index contributed by atoms with van der Waals surface area (Å²) in [5.41, 5.74) is 11.7. The lowest BCUT2D eigenvalue weighted by atomic mass is 10.0. The van der Waals surface area contributed by atoms with Gasteiger partial charge in [-0.25, -0.2) is 0 Å². The third kappa shape index (κ3) is 4.46. The molecule has 0 heterocycles. The standard InChI is InChI=1S/C11H16N2O2/c12-9(7-11(13)15)5-4-8-2-1-3-10(14)6-8/h1-3,6,9,14H,4-5,7,12H2,(H2,13,15). The largest absolute Gasteiger partial charge is 0.508 e. The maximum absolute atomic E-state index is 10.6. The smallest absolute Gasteiger partial charge is 0.218 e. The predicted molar refractivity (Wildman–Crippen MR) is 58.2 cm³/mol. The molecule has 0 aliphatic rings. The Morgan fingerprint density at radius 1 is 1.47 bits per heavy atom. The maximum atomic E-state index is 10.6. The predicted octanol–water partition coefficient (Wildman–Crippen LogP) is 0.527. The zero-order valence-corrected chi connectivity index (χ0v) is 8.52. The molecular formula is C11H16N2O2. The van der Waals surface area contributed by atoms with E-state index in [0.29, 0.717) is 6.42 Å². The van der Waals surface area contributed by atoms with E-state index in [4.69, 9.17) is 11.5 Å². The first-order chi connectivity index (χ1) is 7.08. The van der Waals surface area contributed by atoms with Crippen molar-refractivity contribution in [3.63, 3.8) is 0 Å². The Morgan fingerprint density at radius 3 is 2.80 bits per heavy atom. The molecule has 4 nitrogen and oxygen atoms in total. The van der Waals surface area contributed by atoms with E-state index < -0.39 is 0 Å². The Balaban J connectivity index is 2.40. The highest BCUT2D eigenvalue weighted by Crippen LogP contribution is 2.13. The van der Waals surface area contributed by atoms with Crippen molar-refractivity contribution in [3.05, 3.63) is 29.8 Å². The molecule has 0 aromatic heterocycles. The van der Waals surface area contributed by atoms with Gasteiger partial charge in [-0.15, -0.1) is 0 Å². The van der Waals surface area contributed by atoms with Gasteiger partial charge in [-0.2, -0.15) is 0 Å². The summed E-state index contributed by atoms with van der Waals surface area (Å²) in [6, 6.07) is 6.80. The van der Waals surface area contributed by atoms with Gasteiger partial charge in [0.1, 0.15) is 5.75 Å². The molecule has 0 saturated carbocycles. The van der Waals surface area contributed by atoms with Crippen molar-refractivity contribution in [2.24, 2.45) is 11.5 Å². The Kier molecular flexibility index (Phi) is 4.12. The average molecular weight is 208 g/mol. The van der Waals surface area contributed by atoms with Crippen LogP contribution in [0.3, 0.4) is 0 Å². The molecule has 0 aliphatic carbocycles. The first kappa shape index (κ1) is 11.5. The molecule has 4 heteroatoms. The molecule has 1 rings (SSSR count). The van der Waals surface area contributed by atoms with E-state index in [0.717, 1.165) is 12.0 Å². The van der Waals surface area contributed by atoms with Crippen LogP contribution in [0.4, 0.5) is 0 Å².